The monoisotopic (exact) mass is 506 g/mol. The third-order valence-electron chi connectivity index (χ3n) is 7.12. The van der Waals surface area contributed by atoms with E-state index in [2.05, 4.69) is 6.58 Å². The largest absolute Gasteiger partial charge is 0.466 e. The molecular weight excluding hydrogens is 476 g/mol. The third-order valence-corrected chi connectivity index (χ3v) is 9.39. The second-order valence-electron chi connectivity index (χ2n) is 8.96. The Morgan fingerprint density at radius 3 is 2.82 bits per heavy atom. The van der Waals surface area contributed by atoms with Crippen LogP contribution in [0, 0.1) is 11.8 Å². The number of anilines is 1. The second-order valence-corrected chi connectivity index (χ2v) is 11.0. The van der Waals surface area contributed by atoms with Crippen LogP contribution in [0.3, 0.4) is 0 Å². The molecule has 9 heteroatoms. The molecule has 0 radical (unpaired) electrons. The van der Waals surface area contributed by atoms with Gasteiger partial charge in [-0.3, -0.25) is 14.4 Å². The Morgan fingerprint density at radius 1 is 1.38 bits per heavy atom. The van der Waals surface area contributed by atoms with Gasteiger partial charge in [0.25, 0.3) is 5.91 Å². The fourth-order valence-electron chi connectivity index (χ4n) is 5.83. The van der Waals surface area contributed by atoms with Gasteiger partial charge in [-0.1, -0.05) is 29.8 Å². The van der Waals surface area contributed by atoms with Crippen molar-refractivity contribution in [1.29, 1.82) is 0 Å². The third kappa shape index (κ3) is 4.03. The van der Waals surface area contributed by atoms with Gasteiger partial charge in [-0.15, -0.1) is 18.3 Å². The summed E-state index contributed by atoms with van der Waals surface area (Å²) in [6.07, 6.45) is 4.19. The maximum atomic E-state index is 14.3. The molecule has 2 bridgehead atoms. The summed E-state index contributed by atoms with van der Waals surface area (Å²) >= 11 is 8.07. The first kappa shape index (κ1) is 25.1. The van der Waals surface area contributed by atoms with Crippen molar-refractivity contribution in [3.63, 3.8) is 0 Å². The number of esters is 1. The lowest BCUT2D eigenvalue weighted by Crippen LogP contribution is -2.55. The Kier molecular flexibility index (Phi) is 7.60. The normalized spacial score (nSPS) is 29.3. The average molecular weight is 507 g/mol. The van der Waals surface area contributed by atoms with Crippen LogP contribution < -0.4 is 4.90 Å². The highest BCUT2D eigenvalue weighted by molar-refractivity contribution is 8.02. The number of fused-ring (bicyclic) bond motifs is 1. The molecule has 1 N–H and O–H groups in total. The van der Waals surface area contributed by atoms with Crippen molar-refractivity contribution < 1.29 is 24.2 Å². The lowest BCUT2D eigenvalue weighted by molar-refractivity contribution is -0.153. The molecule has 2 amide bonds. The van der Waals surface area contributed by atoms with E-state index in [1.165, 1.54) is 0 Å². The topological polar surface area (TPSA) is 87.2 Å². The molecule has 3 aliphatic rings. The SMILES string of the molecule is C=CCN(C(=O)C1N(CCCCO)C(=O)[C@@H]2[C@H](C(=O)OCC)[C@@H]3CCC12S3)c1ccccc1Cl. The number of aliphatic hydroxyl groups excluding tert-OH is 1. The molecule has 7 nitrogen and oxygen atoms in total. The highest BCUT2D eigenvalue weighted by Crippen LogP contribution is 2.66. The van der Waals surface area contributed by atoms with Gasteiger partial charge in [-0.25, -0.2) is 0 Å². The van der Waals surface area contributed by atoms with Crippen LogP contribution >= 0.6 is 23.4 Å². The molecule has 4 rings (SSSR count). The highest BCUT2D eigenvalue weighted by Gasteiger charge is 2.74. The number of nitrogens with zero attached hydrogens (tertiary/aromatic N) is 2. The van der Waals surface area contributed by atoms with E-state index in [1.54, 1.807) is 52.8 Å². The van der Waals surface area contributed by atoms with Gasteiger partial charge in [0.1, 0.15) is 6.04 Å². The van der Waals surface area contributed by atoms with Gasteiger partial charge in [0.05, 0.1) is 33.9 Å². The minimum Gasteiger partial charge on any atom is -0.466 e. The number of benzene rings is 1. The molecule has 2 unspecified atom stereocenters. The molecular formula is C25H31ClN2O5S. The van der Waals surface area contributed by atoms with Crippen LogP contribution in [0.1, 0.15) is 32.6 Å². The van der Waals surface area contributed by atoms with Gasteiger partial charge < -0.3 is 19.6 Å². The lowest BCUT2D eigenvalue weighted by Gasteiger charge is -2.37. The van der Waals surface area contributed by atoms with Crippen LogP contribution in [-0.2, 0) is 19.1 Å². The quantitative estimate of drug-likeness (QED) is 0.298. The van der Waals surface area contributed by atoms with Gasteiger partial charge in [-0.2, -0.15) is 0 Å². The molecule has 1 spiro atoms. The first-order valence-corrected chi connectivity index (χ1v) is 13.1. The number of para-hydroxylation sites is 1. The van der Waals surface area contributed by atoms with E-state index in [0.29, 0.717) is 36.5 Å². The summed E-state index contributed by atoms with van der Waals surface area (Å²) in [6.45, 7) is 6.43. The molecule has 34 heavy (non-hydrogen) atoms. The van der Waals surface area contributed by atoms with Gasteiger partial charge >= 0.3 is 5.97 Å². The van der Waals surface area contributed by atoms with Crippen LogP contribution in [0.25, 0.3) is 0 Å². The van der Waals surface area contributed by atoms with Crippen LogP contribution in [0.4, 0.5) is 5.69 Å². The van der Waals surface area contributed by atoms with Gasteiger partial charge in [0, 0.05) is 24.9 Å². The molecule has 0 aromatic heterocycles. The number of likely N-dealkylation sites (tertiary alicyclic amines) is 1. The minimum absolute atomic E-state index is 0.0136. The first-order valence-electron chi connectivity index (χ1n) is 11.8. The summed E-state index contributed by atoms with van der Waals surface area (Å²) < 4.78 is 4.67. The van der Waals surface area contributed by atoms with Crippen molar-refractivity contribution >= 4 is 46.8 Å². The Balaban J connectivity index is 1.76. The minimum atomic E-state index is -0.727. The van der Waals surface area contributed by atoms with Crippen LogP contribution in [0.15, 0.2) is 36.9 Å². The summed E-state index contributed by atoms with van der Waals surface area (Å²) in [7, 11) is 0. The zero-order valence-corrected chi connectivity index (χ0v) is 20.9. The number of hydrogen-bond donors (Lipinski definition) is 1. The zero-order chi connectivity index (χ0) is 24.5. The van der Waals surface area contributed by atoms with Crippen molar-refractivity contribution in [3.8, 4) is 0 Å². The number of halogens is 1. The predicted octanol–water partition coefficient (Wildman–Crippen LogP) is 3.29. The van der Waals surface area contributed by atoms with Crippen molar-refractivity contribution in [2.24, 2.45) is 11.8 Å². The van der Waals surface area contributed by atoms with E-state index < -0.39 is 22.6 Å². The van der Waals surface area contributed by atoms with E-state index >= 15 is 0 Å². The van der Waals surface area contributed by atoms with E-state index in [1.807, 2.05) is 6.07 Å². The van der Waals surface area contributed by atoms with Gasteiger partial charge in [-0.05, 0) is 44.7 Å². The summed E-state index contributed by atoms with van der Waals surface area (Å²) in [5.41, 5.74) is 0.566. The number of ether oxygens (including phenoxy) is 1. The molecule has 5 atom stereocenters. The van der Waals surface area contributed by atoms with Crippen LogP contribution in [-0.4, -0.2) is 70.1 Å². The Bertz CT molecular complexity index is 974. The van der Waals surface area contributed by atoms with Crippen LogP contribution in [0.2, 0.25) is 5.02 Å². The number of unbranched alkanes of at least 4 members (excludes halogenated alkanes) is 1. The average Bonchev–Trinajstić information content (AvgIpc) is 3.46. The number of amides is 2. The van der Waals surface area contributed by atoms with Crippen molar-refractivity contribution in [1.82, 2.24) is 4.90 Å². The highest BCUT2D eigenvalue weighted by atomic mass is 35.5. The number of aliphatic hydroxyl groups is 1. The molecule has 1 aromatic carbocycles. The second kappa shape index (κ2) is 10.3. The predicted molar refractivity (Wildman–Crippen MR) is 133 cm³/mol. The van der Waals surface area contributed by atoms with E-state index in [-0.39, 0.29) is 42.8 Å². The standard InChI is InChI=1S/C25H31ClN2O5S/c1-3-13-27(17-10-6-5-9-16(17)26)23(31)21-25-12-11-18(34-25)19(24(32)33-4-2)20(25)22(30)28(21)14-7-8-15-29/h3,5-6,9-10,18-21,29H,1,4,7-8,11-15H2,2H3/t18-,19+,20-,21?,25?/m0/s1. The van der Waals surface area contributed by atoms with Crippen LogP contribution in [0.5, 0.6) is 0 Å². The van der Waals surface area contributed by atoms with Crippen molar-refractivity contribution in [2.75, 3.05) is 31.2 Å². The lowest BCUT2D eigenvalue weighted by atomic mass is 9.71. The van der Waals surface area contributed by atoms with E-state index in [9.17, 15) is 19.5 Å². The maximum absolute atomic E-state index is 14.3. The number of thioether (sulfide) groups is 1. The van der Waals surface area contributed by atoms with Crippen molar-refractivity contribution in [3.05, 3.63) is 41.9 Å². The number of carbonyl (C=O) groups excluding carboxylic acids is 3. The molecule has 0 saturated carbocycles. The molecule has 3 heterocycles. The molecule has 0 aliphatic carbocycles. The summed E-state index contributed by atoms with van der Waals surface area (Å²) in [5, 5.41) is 9.70. The first-order chi connectivity index (χ1) is 16.4. The van der Waals surface area contributed by atoms with E-state index in [4.69, 9.17) is 16.3 Å². The summed E-state index contributed by atoms with van der Waals surface area (Å²) in [4.78, 5) is 44.2. The van der Waals surface area contributed by atoms with Gasteiger partial charge in [0.15, 0.2) is 0 Å². The molecule has 1 aromatic rings. The number of hydrogen-bond acceptors (Lipinski definition) is 6. The fraction of sp³-hybridized carbons (Fsp3) is 0.560. The molecule has 3 aliphatic heterocycles. The number of rotatable bonds is 10. The molecule has 3 saturated heterocycles. The molecule has 3 fully saturated rings. The Morgan fingerprint density at radius 2 is 2.15 bits per heavy atom. The summed E-state index contributed by atoms with van der Waals surface area (Å²) in [6, 6.07) is 6.40. The smallest absolute Gasteiger partial charge is 0.310 e. The van der Waals surface area contributed by atoms with Gasteiger partial charge in [0.2, 0.25) is 5.91 Å². The Labute approximate surface area is 209 Å². The Hall–Kier alpha value is -2.03. The van der Waals surface area contributed by atoms with Crippen molar-refractivity contribution in [2.45, 2.75) is 48.6 Å². The fourth-order valence-corrected chi connectivity index (χ4v) is 8.27. The number of carbonyl (C=O) groups is 3. The zero-order valence-electron chi connectivity index (χ0n) is 19.3. The maximum Gasteiger partial charge on any atom is 0.310 e. The summed E-state index contributed by atoms with van der Waals surface area (Å²) in [5.74, 6) is -1.86. The van der Waals surface area contributed by atoms with E-state index in [0.717, 1.165) is 6.42 Å². The molecule has 184 valence electrons.